The van der Waals surface area contributed by atoms with Gasteiger partial charge in [0.25, 0.3) is 5.91 Å². The van der Waals surface area contributed by atoms with Crippen molar-refractivity contribution in [2.75, 3.05) is 12.3 Å². The number of carboxylic acids is 1. The number of halogens is 2. The highest BCUT2D eigenvalue weighted by Gasteiger charge is 2.15. The maximum absolute atomic E-state index is 13.7. The molecule has 2 aromatic rings. The molecule has 126 valence electrons. The molecule has 0 aliphatic rings. The fraction of sp³-hybridized carbons (Fsp3) is 0.125. The highest BCUT2D eigenvalue weighted by atomic mass is 35.5. The maximum atomic E-state index is 13.7. The topological polar surface area (TPSA) is 102 Å². The van der Waals surface area contributed by atoms with Crippen molar-refractivity contribution in [1.29, 1.82) is 0 Å². The maximum Gasteiger partial charge on any atom is 0.341 e. The van der Waals surface area contributed by atoms with Gasteiger partial charge in [-0.25, -0.2) is 9.18 Å². The van der Waals surface area contributed by atoms with Gasteiger partial charge in [-0.2, -0.15) is 0 Å². The van der Waals surface area contributed by atoms with Crippen LogP contribution in [0.5, 0.6) is 5.75 Å². The summed E-state index contributed by atoms with van der Waals surface area (Å²) in [6.45, 7) is -0.681. The van der Waals surface area contributed by atoms with Crippen molar-refractivity contribution < 1.29 is 23.8 Å². The van der Waals surface area contributed by atoms with Crippen LogP contribution in [0.4, 0.5) is 10.1 Å². The summed E-state index contributed by atoms with van der Waals surface area (Å²) in [5.41, 5.74) is 6.10. The van der Waals surface area contributed by atoms with Crippen molar-refractivity contribution in [3.63, 3.8) is 0 Å². The standard InChI is InChI=1S/C16H14ClFN2O4/c17-10-2-4-12(14(5-10)24-8-15(21)22)16(23)20-7-9-1-3-11(19)6-13(9)18/h1-6H,7-8,19H2,(H,20,23)(H,21,22). The van der Waals surface area contributed by atoms with E-state index in [2.05, 4.69) is 5.32 Å². The Morgan fingerprint density at radius 1 is 1.25 bits per heavy atom. The molecule has 24 heavy (non-hydrogen) atoms. The molecule has 4 N–H and O–H groups in total. The minimum absolute atomic E-state index is 0.0279. The first kappa shape index (κ1) is 17.6. The molecule has 0 bridgehead atoms. The quantitative estimate of drug-likeness (QED) is 0.693. The van der Waals surface area contributed by atoms with Gasteiger partial charge in [0.1, 0.15) is 11.6 Å². The second-order valence-electron chi connectivity index (χ2n) is 4.86. The number of hydrogen-bond donors (Lipinski definition) is 3. The molecule has 0 aliphatic carbocycles. The van der Waals surface area contributed by atoms with Gasteiger partial charge >= 0.3 is 5.97 Å². The summed E-state index contributed by atoms with van der Waals surface area (Å²) in [6, 6.07) is 8.35. The van der Waals surface area contributed by atoms with E-state index in [9.17, 15) is 14.0 Å². The lowest BCUT2D eigenvalue weighted by atomic mass is 10.1. The SMILES string of the molecule is Nc1ccc(CNC(=O)c2ccc(Cl)cc2OCC(=O)O)c(F)c1. The zero-order valence-electron chi connectivity index (χ0n) is 12.4. The number of hydrogen-bond acceptors (Lipinski definition) is 4. The summed E-state index contributed by atoms with van der Waals surface area (Å²) in [6.07, 6.45) is 0. The largest absolute Gasteiger partial charge is 0.481 e. The van der Waals surface area contributed by atoms with Crippen LogP contribution in [0.3, 0.4) is 0 Å². The van der Waals surface area contributed by atoms with Crippen molar-refractivity contribution in [3.05, 3.63) is 58.4 Å². The summed E-state index contributed by atoms with van der Waals surface area (Å²) < 4.78 is 18.8. The predicted molar refractivity (Wildman–Crippen MR) is 86.6 cm³/mol. The lowest BCUT2D eigenvalue weighted by molar-refractivity contribution is -0.139. The zero-order chi connectivity index (χ0) is 17.7. The van der Waals surface area contributed by atoms with Crippen molar-refractivity contribution in [3.8, 4) is 5.75 Å². The fourth-order valence-corrected chi connectivity index (χ4v) is 2.08. The van der Waals surface area contributed by atoms with E-state index in [-0.39, 0.29) is 34.1 Å². The third kappa shape index (κ3) is 4.60. The average molecular weight is 353 g/mol. The monoisotopic (exact) mass is 352 g/mol. The number of benzene rings is 2. The molecule has 0 aromatic heterocycles. The Kier molecular flexibility index (Phi) is 5.59. The number of anilines is 1. The summed E-state index contributed by atoms with van der Waals surface area (Å²) in [4.78, 5) is 22.8. The molecule has 0 heterocycles. The van der Waals surface area contributed by atoms with Gasteiger partial charge in [-0.3, -0.25) is 4.79 Å². The molecule has 0 radical (unpaired) electrons. The first-order valence-electron chi connectivity index (χ1n) is 6.83. The van der Waals surface area contributed by atoms with Gasteiger partial charge in [0.05, 0.1) is 5.56 Å². The Hall–Kier alpha value is -2.80. The lowest BCUT2D eigenvalue weighted by Crippen LogP contribution is -2.24. The molecule has 0 atom stereocenters. The molecule has 2 rings (SSSR count). The van der Waals surface area contributed by atoms with E-state index in [1.165, 1.54) is 30.3 Å². The van der Waals surface area contributed by atoms with Gasteiger partial charge in [0.15, 0.2) is 6.61 Å². The molecule has 6 nitrogen and oxygen atoms in total. The minimum atomic E-state index is -1.19. The van der Waals surface area contributed by atoms with Crippen LogP contribution in [0.15, 0.2) is 36.4 Å². The Balaban J connectivity index is 2.12. The van der Waals surface area contributed by atoms with Crippen LogP contribution >= 0.6 is 11.6 Å². The van der Waals surface area contributed by atoms with Gasteiger partial charge in [0.2, 0.25) is 0 Å². The van der Waals surface area contributed by atoms with E-state index >= 15 is 0 Å². The van der Waals surface area contributed by atoms with E-state index in [0.717, 1.165) is 6.07 Å². The van der Waals surface area contributed by atoms with E-state index in [0.29, 0.717) is 0 Å². The third-order valence-corrected chi connectivity index (χ3v) is 3.29. The number of rotatable bonds is 6. The smallest absolute Gasteiger partial charge is 0.341 e. The van der Waals surface area contributed by atoms with Gasteiger partial charge in [-0.15, -0.1) is 0 Å². The molecule has 0 unspecified atom stereocenters. The summed E-state index contributed by atoms with van der Waals surface area (Å²) in [7, 11) is 0. The third-order valence-electron chi connectivity index (χ3n) is 3.06. The molecule has 0 spiro atoms. The number of nitrogens with two attached hydrogens (primary N) is 1. The van der Waals surface area contributed by atoms with Crippen molar-refractivity contribution in [1.82, 2.24) is 5.32 Å². The molecule has 0 saturated heterocycles. The molecule has 0 saturated carbocycles. The number of amides is 1. The van der Waals surface area contributed by atoms with Crippen LogP contribution in [0.2, 0.25) is 5.02 Å². The summed E-state index contributed by atoms with van der Waals surface area (Å²) in [5, 5.41) is 11.5. The number of nitrogens with one attached hydrogen (secondary N) is 1. The molecule has 1 amide bonds. The van der Waals surface area contributed by atoms with Crippen LogP contribution in [0.1, 0.15) is 15.9 Å². The summed E-state index contributed by atoms with van der Waals surface area (Å²) in [5.74, 6) is -2.25. The predicted octanol–water partition coefficient (Wildman–Crippen LogP) is 2.45. The van der Waals surface area contributed by atoms with Gasteiger partial charge in [-0.1, -0.05) is 17.7 Å². The average Bonchev–Trinajstić information content (AvgIpc) is 2.52. The highest BCUT2D eigenvalue weighted by Crippen LogP contribution is 2.23. The Morgan fingerprint density at radius 3 is 2.67 bits per heavy atom. The summed E-state index contributed by atoms with van der Waals surface area (Å²) >= 11 is 5.82. The van der Waals surface area contributed by atoms with Gasteiger partial charge in [-0.05, 0) is 30.3 Å². The first-order chi connectivity index (χ1) is 11.4. The number of carboxylic acid groups (broad SMARTS) is 1. The van der Waals surface area contributed by atoms with Crippen molar-refractivity contribution in [2.24, 2.45) is 0 Å². The Labute approximate surface area is 142 Å². The lowest BCUT2D eigenvalue weighted by Gasteiger charge is -2.11. The first-order valence-corrected chi connectivity index (χ1v) is 7.21. The molecule has 2 aromatic carbocycles. The molecule has 0 aliphatic heterocycles. The zero-order valence-corrected chi connectivity index (χ0v) is 13.1. The fourth-order valence-electron chi connectivity index (χ4n) is 1.92. The number of carbonyl (C=O) groups is 2. The molecule has 8 heteroatoms. The van der Waals surface area contributed by atoms with Gasteiger partial charge in [0, 0.05) is 22.8 Å². The molecular weight excluding hydrogens is 339 g/mol. The van der Waals surface area contributed by atoms with Crippen molar-refractivity contribution >= 4 is 29.2 Å². The van der Waals surface area contributed by atoms with Crippen LogP contribution in [-0.4, -0.2) is 23.6 Å². The second kappa shape index (κ2) is 7.65. The van der Waals surface area contributed by atoms with Crippen LogP contribution in [0, 0.1) is 5.82 Å². The van der Waals surface area contributed by atoms with Crippen LogP contribution < -0.4 is 15.8 Å². The normalized spacial score (nSPS) is 10.2. The number of aliphatic carboxylic acids is 1. The van der Waals surface area contributed by atoms with Crippen LogP contribution in [-0.2, 0) is 11.3 Å². The minimum Gasteiger partial charge on any atom is -0.481 e. The van der Waals surface area contributed by atoms with E-state index < -0.39 is 24.3 Å². The second-order valence-corrected chi connectivity index (χ2v) is 5.29. The van der Waals surface area contributed by atoms with E-state index in [4.69, 9.17) is 27.2 Å². The Bertz CT molecular complexity index is 783. The van der Waals surface area contributed by atoms with E-state index in [1.807, 2.05) is 0 Å². The Morgan fingerprint density at radius 2 is 2.00 bits per heavy atom. The number of nitrogen functional groups attached to an aromatic ring is 1. The number of ether oxygens (including phenoxy) is 1. The highest BCUT2D eigenvalue weighted by molar-refractivity contribution is 6.30. The molecular formula is C16H14ClFN2O4. The molecule has 0 fully saturated rings. The van der Waals surface area contributed by atoms with Crippen molar-refractivity contribution in [2.45, 2.75) is 6.54 Å². The van der Waals surface area contributed by atoms with Crippen LogP contribution in [0.25, 0.3) is 0 Å². The van der Waals surface area contributed by atoms with Gasteiger partial charge < -0.3 is 20.9 Å². The van der Waals surface area contributed by atoms with E-state index in [1.54, 1.807) is 0 Å². The number of carbonyl (C=O) groups excluding carboxylic acids is 1.